The van der Waals surface area contributed by atoms with Crippen LogP contribution in [0.3, 0.4) is 0 Å². The lowest BCUT2D eigenvalue weighted by Gasteiger charge is -2.22. The average molecular weight is 283 g/mol. The zero-order chi connectivity index (χ0) is 14.1. The van der Waals surface area contributed by atoms with Crippen LogP contribution in [-0.4, -0.2) is 40.3 Å². The van der Waals surface area contributed by atoms with Gasteiger partial charge in [0.15, 0.2) is 0 Å². The summed E-state index contributed by atoms with van der Waals surface area (Å²) in [5.74, 6) is -0.253. The Balaban J connectivity index is 2.21. The average Bonchev–Trinajstić information content (AvgIpc) is 2.44. The molecule has 0 aliphatic carbocycles. The van der Waals surface area contributed by atoms with Crippen LogP contribution < -0.4 is 0 Å². The van der Waals surface area contributed by atoms with Crippen molar-refractivity contribution in [1.29, 1.82) is 0 Å². The molecule has 0 N–H and O–H groups in total. The summed E-state index contributed by atoms with van der Waals surface area (Å²) in [5, 5.41) is 0. The number of esters is 1. The molecule has 1 heterocycles. The van der Waals surface area contributed by atoms with Crippen LogP contribution in [0.25, 0.3) is 0 Å². The van der Waals surface area contributed by atoms with Gasteiger partial charge in [0.05, 0.1) is 18.7 Å². The fourth-order valence-corrected chi connectivity index (χ4v) is 2.93. The molecule has 1 aromatic rings. The highest BCUT2D eigenvalue weighted by Crippen LogP contribution is 2.13. The van der Waals surface area contributed by atoms with Gasteiger partial charge >= 0.3 is 14.5 Å². The van der Waals surface area contributed by atoms with Gasteiger partial charge in [0.2, 0.25) is 0 Å². The lowest BCUT2D eigenvalue weighted by atomic mass is 10.3. The monoisotopic (exact) mass is 283 g/mol. The van der Waals surface area contributed by atoms with E-state index in [1.165, 1.54) is 0 Å². The zero-order valence-corrected chi connectivity index (χ0v) is 12.7. The number of pyridine rings is 1. The highest BCUT2D eigenvalue weighted by molar-refractivity contribution is 6.65. The van der Waals surface area contributed by atoms with Crippen LogP contribution in [0.15, 0.2) is 24.4 Å². The summed E-state index contributed by atoms with van der Waals surface area (Å²) in [6.45, 7) is 2.38. The number of ether oxygens (including phenoxy) is 1. The number of carbonyl (C=O) groups excluding carboxylic acids is 1. The molecule has 6 heteroatoms. The molecule has 0 saturated carbocycles. The molecule has 0 aliphatic heterocycles. The highest BCUT2D eigenvalue weighted by atomic mass is 28.4. The van der Waals surface area contributed by atoms with Gasteiger partial charge in [-0.1, -0.05) is 6.07 Å². The Morgan fingerprint density at radius 3 is 2.63 bits per heavy atom. The van der Waals surface area contributed by atoms with Crippen LogP contribution in [-0.2, 0) is 24.8 Å². The third-order valence-electron chi connectivity index (χ3n) is 2.95. The smallest absolute Gasteiger partial charge is 0.334 e. The number of carbonyl (C=O) groups is 1. The van der Waals surface area contributed by atoms with Gasteiger partial charge in [-0.25, -0.2) is 0 Å². The second-order valence-corrected chi connectivity index (χ2v) is 7.95. The van der Waals surface area contributed by atoms with Crippen molar-refractivity contribution in [1.82, 2.24) is 4.98 Å². The van der Waals surface area contributed by atoms with Crippen molar-refractivity contribution in [3.63, 3.8) is 0 Å². The fourth-order valence-electron chi connectivity index (χ4n) is 1.57. The van der Waals surface area contributed by atoms with E-state index in [1.807, 2.05) is 18.7 Å². The standard InChI is InChI=1S/C13H21NO4Si/c1-16-19(3,17-2)10-6-9-18-13(15)11-12-7-4-5-8-14-12/h4-5,7-8H,6,9-11H2,1-3H3. The third-order valence-corrected chi connectivity index (χ3v) is 5.94. The Kier molecular flexibility index (Phi) is 6.69. The maximum absolute atomic E-state index is 11.6. The van der Waals surface area contributed by atoms with E-state index in [0.717, 1.165) is 18.2 Å². The maximum atomic E-state index is 11.6. The van der Waals surface area contributed by atoms with Crippen molar-refractivity contribution >= 4 is 14.5 Å². The molecule has 0 aromatic carbocycles. The van der Waals surface area contributed by atoms with Gasteiger partial charge in [0, 0.05) is 20.4 Å². The van der Waals surface area contributed by atoms with Crippen LogP contribution >= 0.6 is 0 Å². The second kappa shape index (κ2) is 8.03. The molecule has 1 rings (SSSR count). The van der Waals surface area contributed by atoms with Crippen molar-refractivity contribution in [2.24, 2.45) is 0 Å². The molecule has 1 aromatic heterocycles. The molecule has 19 heavy (non-hydrogen) atoms. The van der Waals surface area contributed by atoms with E-state index in [-0.39, 0.29) is 12.4 Å². The van der Waals surface area contributed by atoms with Gasteiger partial charge < -0.3 is 13.6 Å². The number of rotatable bonds is 8. The summed E-state index contributed by atoms with van der Waals surface area (Å²) < 4.78 is 15.9. The highest BCUT2D eigenvalue weighted by Gasteiger charge is 2.27. The molecule has 0 spiro atoms. The van der Waals surface area contributed by atoms with E-state index >= 15 is 0 Å². The minimum absolute atomic E-state index is 0.212. The molecular formula is C13H21NO4Si. The molecule has 0 aliphatic rings. The zero-order valence-electron chi connectivity index (χ0n) is 11.7. The Hall–Kier alpha value is -1.24. The second-order valence-electron chi connectivity index (χ2n) is 4.36. The summed E-state index contributed by atoms with van der Waals surface area (Å²) in [6, 6.07) is 6.28. The quantitative estimate of drug-likeness (QED) is 0.414. The van der Waals surface area contributed by atoms with Crippen molar-refractivity contribution in [3.8, 4) is 0 Å². The summed E-state index contributed by atoms with van der Waals surface area (Å²) in [4.78, 5) is 15.6. The van der Waals surface area contributed by atoms with Crippen LogP contribution in [0.5, 0.6) is 0 Å². The molecule has 0 unspecified atom stereocenters. The lowest BCUT2D eigenvalue weighted by Crippen LogP contribution is -2.36. The van der Waals surface area contributed by atoms with E-state index in [4.69, 9.17) is 13.6 Å². The van der Waals surface area contributed by atoms with E-state index in [2.05, 4.69) is 4.98 Å². The molecule has 5 nitrogen and oxygen atoms in total. The van der Waals surface area contributed by atoms with Gasteiger partial charge in [-0.3, -0.25) is 9.78 Å². The molecule has 106 valence electrons. The van der Waals surface area contributed by atoms with E-state index in [9.17, 15) is 4.79 Å². The number of nitrogens with zero attached hydrogens (tertiary/aromatic N) is 1. The van der Waals surface area contributed by atoms with Crippen molar-refractivity contribution in [2.75, 3.05) is 20.8 Å². The summed E-state index contributed by atoms with van der Waals surface area (Å²) in [6.07, 6.45) is 2.62. The van der Waals surface area contributed by atoms with Gasteiger partial charge in [0.25, 0.3) is 0 Å². The predicted molar refractivity (Wildman–Crippen MR) is 74.0 cm³/mol. The van der Waals surface area contributed by atoms with Gasteiger partial charge in [-0.05, 0) is 31.1 Å². The SMILES string of the molecule is CO[Si](C)(CCCOC(=O)Cc1ccccn1)OC. The first-order valence-corrected chi connectivity index (χ1v) is 8.78. The first-order chi connectivity index (χ1) is 9.09. The molecule has 0 fully saturated rings. The van der Waals surface area contributed by atoms with E-state index < -0.39 is 8.56 Å². The van der Waals surface area contributed by atoms with Crippen molar-refractivity contribution in [2.45, 2.75) is 25.4 Å². The lowest BCUT2D eigenvalue weighted by molar-refractivity contribution is -0.142. The fraction of sp³-hybridized carbons (Fsp3) is 0.538. The summed E-state index contributed by atoms with van der Waals surface area (Å²) in [5.41, 5.74) is 0.723. The number of aromatic nitrogens is 1. The molecule has 0 atom stereocenters. The number of hydrogen-bond acceptors (Lipinski definition) is 5. The van der Waals surface area contributed by atoms with Crippen LogP contribution in [0.2, 0.25) is 12.6 Å². The van der Waals surface area contributed by atoms with Crippen molar-refractivity contribution in [3.05, 3.63) is 30.1 Å². The first-order valence-electron chi connectivity index (χ1n) is 6.25. The molecular weight excluding hydrogens is 262 g/mol. The van der Waals surface area contributed by atoms with E-state index in [1.54, 1.807) is 26.5 Å². The van der Waals surface area contributed by atoms with Crippen molar-refractivity contribution < 1.29 is 18.4 Å². The minimum atomic E-state index is -2.05. The predicted octanol–water partition coefficient (Wildman–Crippen LogP) is 1.92. The first kappa shape index (κ1) is 15.8. The van der Waals surface area contributed by atoms with Crippen LogP contribution in [0, 0.1) is 0 Å². The number of hydrogen-bond donors (Lipinski definition) is 0. The summed E-state index contributed by atoms with van der Waals surface area (Å²) in [7, 11) is 1.26. The van der Waals surface area contributed by atoms with Gasteiger partial charge in [0.1, 0.15) is 0 Å². The third kappa shape index (κ3) is 5.95. The minimum Gasteiger partial charge on any atom is -0.465 e. The molecule has 0 amide bonds. The van der Waals surface area contributed by atoms with E-state index in [0.29, 0.717) is 6.61 Å². The Bertz CT molecular complexity index is 381. The maximum Gasteiger partial charge on any atom is 0.334 e. The van der Waals surface area contributed by atoms with Crippen LogP contribution in [0.4, 0.5) is 0 Å². The molecule has 0 radical (unpaired) electrons. The summed E-state index contributed by atoms with van der Waals surface area (Å²) >= 11 is 0. The normalized spacial score (nSPS) is 11.3. The molecule has 0 saturated heterocycles. The largest absolute Gasteiger partial charge is 0.465 e. The van der Waals surface area contributed by atoms with Gasteiger partial charge in [-0.2, -0.15) is 0 Å². The molecule has 0 bridgehead atoms. The topological polar surface area (TPSA) is 57.7 Å². The van der Waals surface area contributed by atoms with Crippen LogP contribution in [0.1, 0.15) is 12.1 Å². The Labute approximate surface area is 115 Å². The van der Waals surface area contributed by atoms with Gasteiger partial charge in [-0.15, -0.1) is 0 Å². The Morgan fingerprint density at radius 2 is 2.05 bits per heavy atom. The Morgan fingerprint density at radius 1 is 1.32 bits per heavy atom.